The van der Waals surface area contributed by atoms with Gasteiger partial charge in [-0.2, -0.15) is 0 Å². The molecule has 0 unspecified atom stereocenters. The Balaban J connectivity index is 1.72. The number of ether oxygens (including phenoxy) is 1. The monoisotopic (exact) mass is 407 g/mol. The van der Waals surface area contributed by atoms with Gasteiger partial charge < -0.3 is 9.15 Å². The summed E-state index contributed by atoms with van der Waals surface area (Å²) < 4.78 is 10.8. The van der Waals surface area contributed by atoms with Crippen molar-refractivity contribution in [3.8, 4) is 11.5 Å². The second-order valence-corrected chi connectivity index (χ2v) is 6.24. The molecule has 1 heterocycles. The van der Waals surface area contributed by atoms with E-state index < -0.39 is 17.0 Å². The average Bonchev–Trinajstić information content (AvgIpc) is 3.14. The molecule has 27 heavy (non-hydrogen) atoms. The van der Waals surface area contributed by atoms with Crippen molar-refractivity contribution >= 4 is 34.9 Å². The zero-order valence-corrected chi connectivity index (χ0v) is 15.3. The molecule has 0 amide bonds. The van der Waals surface area contributed by atoms with Gasteiger partial charge in [0.2, 0.25) is 5.89 Å². The first-order valence-corrected chi connectivity index (χ1v) is 8.35. The maximum absolute atomic E-state index is 12.2. The zero-order chi connectivity index (χ0) is 19.6. The van der Waals surface area contributed by atoms with E-state index in [2.05, 4.69) is 10.2 Å². The summed E-state index contributed by atoms with van der Waals surface area (Å²) in [5.74, 6) is -0.398. The van der Waals surface area contributed by atoms with Crippen molar-refractivity contribution in [1.82, 2.24) is 10.2 Å². The molecular formula is C17H11Cl2N3O5. The summed E-state index contributed by atoms with van der Waals surface area (Å²) in [5.41, 5.74) is 0.677. The highest BCUT2D eigenvalue weighted by molar-refractivity contribution is 6.42. The summed E-state index contributed by atoms with van der Waals surface area (Å²) in [6.45, 7) is 1.57. The number of nitrogens with zero attached hydrogens (tertiary/aromatic N) is 3. The topological polar surface area (TPSA) is 108 Å². The third kappa shape index (κ3) is 4.24. The van der Waals surface area contributed by atoms with Gasteiger partial charge in [0.15, 0.2) is 6.10 Å². The van der Waals surface area contributed by atoms with Crippen LogP contribution in [0.2, 0.25) is 10.0 Å². The number of carbonyl (C=O) groups is 1. The molecule has 0 saturated carbocycles. The molecule has 0 saturated heterocycles. The molecular weight excluding hydrogens is 397 g/mol. The Morgan fingerprint density at radius 2 is 1.85 bits per heavy atom. The summed E-state index contributed by atoms with van der Waals surface area (Å²) >= 11 is 11.7. The summed E-state index contributed by atoms with van der Waals surface area (Å²) in [4.78, 5) is 22.4. The van der Waals surface area contributed by atoms with Crippen LogP contribution in [0.25, 0.3) is 11.5 Å². The molecule has 0 radical (unpaired) electrons. The Kier molecular flexibility index (Phi) is 5.38. The van der Waals surface area contributed by atoms with Crippen molar-refractivity contribution in [2.45, 2.75) is 13.0 Å². The molecule has 1 aromatic heterocycles. The van der Waals surface area contributed by atoms with Crippen LogP contribution < -0.4 is 0 Å². The standard InChI is InChI=1S/C17H11Cl2N3O5/c1-9(26-17(23)11-4-7-13(18)14(19)8-11)15-20-21-16(27-15)10-2-5-12(6-3-10)22(24)25/h2-9H,1H3/t9-/m1/s1. The fraction of sp³-hybridized carbons (Fsp3) is 0.118. The molecule has 0 bridgehead atoms. The summed E-state index contributed by atoms with van der Waals surface area (Å²) in [6, 6.07) is 10.0. The maximum Gasteiger partial charge on any atom is 0.338 e. The number of halogens is 2. The van der Waals surface area contributed by atoms with Crippen LogP contribution in [-0.4, -0.2) is 21.1 Å². The number of rotatable bonds is 5. The molecule has 2 aromatic carbocycles. The van der Waals surface area contributed by atoms with Crippen LogP contribution in [0.4, 0.5) is 5.69 Å². The number of hydrogen-bond donors (Lipinski definition) is 0. The van der Waals surface area contributed by atoms with Gasteiger partial charge in [-0.15, -0.1) is 10.2 Å². The summed E-state index contributed by atoms with van der Waals surface area (Å²) in [6.07, 6.45) is -0.814. The van der Waals surface area contributed by atoms with E-state index in [0.29, 0.717) is 10.6 Å². The van der Waals surface area contributed by atoms with Gasteiger partial charge in [0.05, 0.1) is 20.5 Å². The lowest BCUT2D eigenvalue weighted by molar-refractivity contribution is -0.384. The lowest BCUT2D eigenvalue weighted by Gasteiger charge is -2.09. The van der Waals surface area contributed by atoms with Crippen molar-refractivity contribution in [2.24, 2.45) is 0 Å². The first-order chi connectivity index (χ1) is 12.8. The predicted molar refractivity (Wildman–Crippen MR) is 96.7 cm³/mol. The molecule has 0 aliphatic heterocycles. The number of esters is 1. The molecule has 3 rings (SSSR count). The highest BCUT2D eigenvalue weighted by Gasteiger charge is 2.20. The van der Waals surface area contributed by atoms with Gasteiger partial charge in [-0.3, -0.25) is 10.1 Å². The van der Waals surface area contributed by atoms with E-state index in [-0.39, 0.29) is 28.1 Å². The van der Waals surface area contributed by atoms with Gasteiger partial charge in [0, 0.05) is 17.7 Å². The van der Waals surface area contributed by atoms with E-state index in [4.69, 9.17) is 32.4 Å². The molecule has 3 aromatic rings. The zero-order valence-electron chi connectivity index (χ0n) is 13.8. The van der Waals surface area contributed by atoms with Crippen molar-refractivity contribution in [3.05, 3.63) is 74.1 Å². The van der Waals surface area contributed by atoms with Gasteiger partial charge in [-0.25, -0.2) is 4.79 Å². The van der Waals surface area contributed by atoms with E-state index in [1.165, 1.54) is 42.5 Å². The van der Waals surface area contributed by atoms with Crippen LogP contribution in [0.3, 0.4) is 0 Å². The second kappa shape index (κ2) is 7.73. The number of nitro benzene ring substituents is 1. The largest absolute Gasteiger partial charge is 0.449 e. The average molecular weight is 408 g/mol. The smallest absolute Gasteiger partial charge is 0.338 e. The molecule has 0 aliphatic carbocycles. The second-order valence-electron chi connectivity index (χ2n) is 5.43. The highest BCUT2D eigenvalue weighted by atomic mass is 35.5. The van der Waals surface area contributed by atoms with E-state index in [1.54, 1.807) is 6.92 Å². The van der Waals surface area contributed by atoms with Gasteiger partial charge in [-0.05, 0) is 37.3 Å². The fourth-order valence-corrected chi connectivity index (χ4v) is 2.44. The van der Waals surface area contributed by atoms with Crippen molar-refractivity contribution in [2.75, 3.05) is 0 Å². The van der Waals surface area contributed by atoms with E-state index >= 15 is 0 Å². The Bertz CT molecular complexity index is 1000. The van der Waals surface area contributed by atoms with Gasteiger partial charge in [0.1, 0.15) is 0 Å². The molecule has 0 N–H and O–H groups in total. The van der Waals surface area contributed by atoms with Crippen LogP contribution in [0.15, 0.2) is 46.9 Å². The number of hydrogen-bond acceptors (Lipinski definition) is 7. The lowest BCUT2D eigenvalue weighted by Crippen LogP contribution is -2.09. The Morgan fingerprint density at radius 3 is 2.48 bits per heavy atom. The van der Waals surface area contributed by atoms with Gasteiger partial charge in [0.25, 0.3) is 11.6 Å². The molecule has 138 valence electrons. The van der Waals surface area contributed by atoms with Gasteiger partial charge in [-0.1, -0.05) is 23.2 Å². The quantitative estimate of drug-likeness (QED) is 0.337. The highest BCUT2D eigenvalue weighted by Crippen LogP contribution is 2.26. The van der Waals surface area contributed by atoms with Gasteiger partial charge >= 0.3 is 5.97 Å². The van der Waals surface area contributed by atoms with Crippen LogP contribution >= 0.6 is 23.2 Å². The number of aromatic nitrogens is 2. The third-order valence-electron chi connectivity index (χ3n) is 3.55. The molecule has 1 atom stereocenters. The lowest BCUT2D eigenvalue weighted by atomic mass is 10.2. The van der Waals surface area contributed by atoms with E-state index in [9.17, 15) is 14.9 Å². The fourth-order valence-electron chi connectivity index (χ4n) is 2.14. The van der Waals surface area contributed by atoms with E-state index in [1.807, 2.05) is 0 Å². The van der Waals surface area contributed by atoms with Crippen LogP contribution in [0.5, 0.6) is 0 Å². The minimum absolute atomic E-state index is 0.0533. The maximum atomic E-state index is 12.2. The van der Waals surface area contributed by atoms with Crippen molar-refractivity contribution in [1.29, 1.82) is 0 Å². The van der Waals surface area contributed by atoms with E-state index in [0.717, 1.165) is 0 Å². The van der Waals surface area contributed by atoms with Crippen molar-refractivity contribution in [3.63, 3.8) is 0 Å². The molecule has 0 fully saturated rings. The van der Waals surface area contributed by atoms with Crippen molar-refractivity contribution < 1.29 is 18.9 Å². The normalized spacial score (nSPS) is 11.8. The SMILES string of the molecule is C[C@@H](OC(=O)c1ccc(Cl)c(Cl)c1)c1nnc(-c2ccc([N+](=O)[O-])cc2)o1. The minimum Gasteiger partial charge on any atom is -0.449 e. The molecule has 0 aliphatic rings. The molecule has 10 heteroatoms. The first-order valence-electron chi connectivity index (χ1n) is 7.59. The third-order valence-corrected chi connectivity index (χ3v) is 4.29. The number of benzene rings is 2. The van der Waals surface area contributed by atoms with Crippen LogP contribution in [0.1, 0.15) is 29.3 Å². The first kappa shape index (κ1) is 18.8. The van der Waals surface area contributed by atoms with Crippen LogP contribution in [-0.2, 0) is 4.74 Å². The number of nitro groups is 1. The molecule has 8 nitrogen and oxygen atoms in total. The Labute approximate surface area is 162 Å². The Hall–Kier alpha value is -2.97. The summed E-state index contributed by atoms with van der Waals surface area (Å²) in [7, 11) is 0. The molecule has 0 spiro atoms. The van der Waals surface area contributed by atoms with Crippen LogP contribution in [0, 0.1) is 10.1 Å². The number of non-ortho nitro benzene ring substituents is 1. The number of carbonyl (C=O) groups excluding carboxylic acids is 1. The predicted octanol–water partition coefficient (Wildman–Crippen LogP) is 4.87. The minimum atomic E-state index is -0.814. The Morgan fingerprint density at radius 1 is 1.15 bits per heavy atom. The summed E-state index contributed by atoms with van der Waals surface area (Å²) in [5, 5.41) is 19.0.